The molecule has 4 bridgehead atoms. The normalized spacial score (nSPS) is 47.0. The van der Waals surface area contributed by atoms with Crippen molar-refractivity contribution >= 4 is 11.8 Å². The molecule has 0 saturated carbocycles. The second-order valence-electron chi connectivity index (χ2n) is 8.69. The highest BCUT2D eigenvalue weighted by atomic mass is 16.6. The van der Waals surface area contributed by atoms with Gasteiger partial charge in [0.15, 0.2) is 11.9 Å². The minimum atomic E-state index is -0.726. The van der Waals surface area contributed by atoms with E-state index in [0.717, 1.165) is 17.6 Å². The number of methoxy groups -OCH3 is 1. The van der Waals surface area contributed by atoms with Crippen molar-refractivity contribution in [2.45, 2.75) is 64.4 Å². The third-order valence-corrected chi connectivity index (χ3v) is 7.16. The zero-order valence-electron chi connectivity index (χ0n) is 17.3. The molecule has 0 aromatic rings. The first-order valence-electron chi connectivity index (χ1n) is 10.3. The number of carbonyl (C=O) groups excluding carboxylic acids is 2. The smallest absolute Gasteiger partial charge is 0.335 e. The molecule has 2 heterocycles. The number of Topliss-reactive ketones (excluding diaryl/α,β-unsaturated/α-hetero) is 1. The largest absolute Gasteiger partial charge is 0.460 e. The molecule has 4 rings (SSSR count). The van der Waals surface area contributed by atoms with Crippen LogP contribution in [-0.2, 0) is 23.8 Å². The standard InChI is InChI=1S/C23H30O5/c1-6-17-12(2)9-14(4)23-15(11-19(26-5)22(25)27-17)7-8-16-18(28-23)10-13(3)21(24)20(16)23/h7-10,12,15-20H,6,11H2,1-5H3/b14-9+/t12-,15-,16+,17-,18+,19+,20+,23+/m1/s1. The minimum Gasteiger partial charge on any atom is -0.460 e. The van der Waals surface area contributed by atoms with Crippen LogP contribution in [0, 0.1) is 23.7 Å². The SMILES string of the molecule is CC[C@H]1OC(=O)[C@@H](OC)C[C@H]2C=C[C@H]3[C@@H]4C=C(C)C(=O)[C@H]3[C@]2(O4)/C(C)=C/[C@H]1C. The zero-order chi connectivity index (χ0) is 20.2. The fourth-order valence-corrected chi connectivity index (χ4v) is 5.71. The van der Waals surface area contributed by atoms with Crippen LogP contribution < -0.4 is 0 Å². The molecule has 0 aromatic heterocycles. The second-order valence-corrected chi connectivity index (χ2v) is 8.69. The Balaban J connectivity index is 1.86. The number of hydrogen-bond donors (Lipinski definition) is 0. The summed E-state index contributed by atoms with van der Waals surface area (Å²) in [6.07, 6.45) is 8.52. The molecule has 2 aliphatic heterocycles. The monoisotopic (exact) mass is 386 g/mol. The van der Waals surface area contributed by atoms with E-state index in [1.807, 2.05) is 19.9 Å². The third-order valence-electron chi connectivity index (χ3n) is 7.16. The van der Waals surface area contributed by atoms with E-state index < -0.39 is 11.7 Å². The van der Waals surface area contributed by atoms with Gasteiger partial charge in [0.2, 0.25) is 0 Å². The van der Waals surface area contributed by atoms with Gasteiger partial charge in [-0.3, -0.25) is 4.79 Å². The van der Waals surface area contributed by atoms with Crippen molar-refractivity contribution in [3.63, 3.8) is 0 Å². The van der Waals surface area contributed by atoms with Gasteiger partial charge < -0.3 is 14.2 Å². The topological polar surface area (TPSA) is 61.8 Å². The predicted octanol–water partition coefficient (Wildman–Crippen LogP) is 3.39. The van der Waals surface area contributed by atoms with E-state index in [-0.39, 0.29) is 47.6 Å². The van der Waals surface area contributed by atoms with Crippen molar-refractivity contribution in [2.75, 3.05) is 7.11 Å². The van der Waals surface area contributed by atoms with E-state index in [1.54, 1.807) is 0 Å². The predicted molar refractivity (Wildman–Crippen MR) is 104 cm³/mol. The Bertz CT molecular complexity index is 778. The highest BCUT2D eigenvalue weighted by Gasteiger charge is 2.64. The van der Waals surface area contributed by atoms with Crippen LogP contribution in [0.1, 0.15) is 40.5 Å². The quantitative estimate of drug-likeness (QED) is 0.538. The van der Waals surface area contributed by atoms with Crippen molar-refractivity contribution in [1.29, 1.82) is 0 Å². The molecule has 0 radical (unpaired) electrons. The summed E-state index contributed by atoms with van der Waals surface area (Å²) in [6.45, 7) is 8.02. The Morgan fingerprint density at radius 3 is 2.64 bits per heavy atom. The van der Waals surface area contributed by atoms with Crippen LogP contribution in [0.5, 0.6) is 0 Å². The summed E-state index contributed by atoms with van der Waals surface area (Å²) >= 11 is 0. The molecule has 0 N–H and O–H groups in total. The summed E-state index contributed by atoms with van der Waals surface area (Å²) < 4.78 is 18.0. The molecule has 1 spiro atoms. The van der Waals surface area contributed by atoms with E-state index in [0.29, 0.717) is 6.42 Å². The third kappa shape index (κ3) is 2.66. The van der Waals surface area contributed by atoms with E-state index in [4.69, 9.17) is 14.2 Å². The van der Waals surface area contributed by atoms with Crippen LogP contribution in [0.2, 0.25) is 0 Å². The maximum atomic E-state index is 13.2. The molecule has 1 saturated heterocycles. The molecule has 1 fully saturated rings. The lowest BCUT2D eigenvalue weighted by Gasteiger charge is -2.45. The van der Waals surface area contributed by atoms with E-state index in [1.165, 1.54) is 7.11 Å². The Labute approximate surface area is 166 Å². The number of allylic oxidation sites excluding steroid dienone is 1. The van der Waals surface area contributed by atoms with Crippen LogP contribution in [0.25, 0.3) is 0 Å². The fraction of sp³-hybridized carbons (Fsp3) is 0.652. The number of ketones is 1. The lowest BCUT2D eigenvalue weighted by Crippen LogP contribution is -2.52. The molecule has 152 valence electrons. The highest BCUT2D eigenvalue weighted by molar-refractivity contribution is 6.00. The molecule has 0 amide bonds. The zero-order valence-corrected chi connectivity index (χ0v) is 17.3. The summed E-state index contributed by atoms with van der Waals surface area (Å²) in [5.41, 5.74) is 1.12. The lowest BCUT2D eigenvalue weighted by molar-refractivity contribution is -0.165. The highest BCUT2D eigenvalue weighted by Crippen LogP contribution is 2.58. The lowest BCUT2D eigenvalue weighted by atomic mass is 9.60. The Hall–Kier alpha value is -1.72. The van der Waals surface area contributed by atoms with Crippen LogP contribution in [-0.4, -0.2) is 42.8 Å². The molecule has 28 heavy (non-hydrogen) atoms. The Morgan fingerprint density at radius 2 is 1.96 bits per heavy atom. The van der Waals surface area contributed by atoms with Crippen LogP contribution in [0.3, 0.4) is 0 Å². The molecular formula is C23H30O5. The first-order valence-corrected chi connectivity index (χ1v) is 10.3. The van der Waals surface area contributed by atoms with Gasteiger partial charge in [0.25, 0.3) is 0 Å². The molecule has 2 aliphatic carbocycles. The maximum absolute atomic E-state index is 13.2. The first kappa shape index (κ1) is 19.6. The van der Waals surface area contributed by atoms with E-state index in [2.05, 4.69) is 32.1 Å². The average molecular weight is 386 g/mol. The molecule has 4 aliphatic rings. The molecule has 5 nitrogen and oxygen atoms in total. The van der Waals surface area contributed by atoms with Gasteiger partial charge in [-0.1, -0.05) is 32.1 Å². The number of ether oxygens (including phenoxy) is 3. The van der Waals surface area contributed by atoms with Gasteiger partial charge in [-0.05, 0) is 43.9 Å². The summed E-state index contributed by atoms with van der Waals surface area (Å²) in [5.74, 6) is -0.452. The van der Waals surface area contributed by atoms with Gasteiger partial charge in [0.05, 0.1) is 12.0 Å². The van der Waals surface area contributed by atoms with E-state index in [9.17, 15) is 9.59 Å². The molecule has 8 atom stereocenters. The van der Waals surface area contributed by atoms with Crippen molar-refractivity contribution in [3.8, 4) is 0 Å². The molecule has 5 heteroatoms. The summed E-state index contributed by atoms with van der Waals surface area (Å²) in [7, 11) is 1.54. The van der Waals surface area contributed by atoms with Gasteiger partial charge in [-0.15, -0.1) is 0 Å². The summed E-state index contributed by atoms with van der Waals surface area (Å²) in [4.78, 5) is 26.0. The van der Waals surface area contributed by atoms with Crippen molar-refractivity contribution in [2.24, 2.45) is 23.7 Å². The van der Waals surface area contributed by atoms with Crippen molar-refractivity contribution < 1.29 is 23.8 Å². The van der Waals surface area contributed by atoms with Gasteiger partial charge >= 0.3 is 5.97 Å². The van der Waals surface area contributed by atoms with E-state index >= 15 is 0 Å². The number of rotatable bonds is 2. The minimum absolute atomic E-state index is 0.0251. The van der Waals surface area contributed by atoms with Gasteiger partial charge in [0.1, 0.15) is 11.7 Å². The number of esters is 1. The van der Waals surface area contributed by atoms with Crippen molar-refractivity contribution in [1.82, 2.24) is 0 Å². The number of carbonyl (C=O) groups is 2. The summed E-state index contributed by atoms with van der Waals surface area (Å²) in [5, 5.41) is 0. The van der Waals surface area contributed by atoms with Crippen molar-refractivity contribution in [3.05, 3.63) is 35.5 Å². The summed E-state index contributed by atoms with van der Waals surface area (Å²) in [6, 6.07) is 0. The first-order chi connectivity index (χ1) is 13.3. The van der Waals surface area contributed by atoms with Gasteiger partial charge in [0, 0.05) is 24.9 Å². The van der Waals surface area contributed by atoms with Gasteiger partial charge in [-0.25, -0.2) is 4.79 Å². The van der Waals surface area contributed by atoms with Crippen LogP contribution >= 0.6 is 0 Å². The number of cyclic esters (lactones) is 1. The molecular weight excluding hydrogens is 356 g/mol. The Kier molecular flexibility index (Phi) is 4.87. The van der Waals surface area contributed by atoms with Crippen LogP contribution in [0.15, 0.2) is 35.5 Å². The molecule has 0 aromatic carbocycles. The fourth-order valence-electron chi connectivity index (χ4n) is 5.71. The Morgan fingerprint density at radius 1 is 1.21 bits per heavy atom. The van der Waals surface area contributed by atoms with Crippen LogP contribution in [0.4, 0.5) is 0 Å². The average Bonchev–Trinajstić information content (AvgIpc) is 2.82. The van der Waals surface area contributed by atoms with Gasteiger partial charge in [-0.2, -0.15) is 0 Å². The number of hydrogen-bond acceptors (Lipinski definition) is 5. The second kappa shape index (κ2) is 6.96. The maximum Gasteiger partial charge on any atom is 0.335 e. The molecule has 0 unspecified atom stereocenters.